The lowest BCUT2D eigenvalue weighted by Crippen LogP contribution is -2.06. The summed E-state index contributed by atoms with van der Waals surface area (Å²) >= 11 is 5.66. The number of oxazole rings is 1. The van der Waals surface area contributed by atoms with Crippen LogP contribution in [0.1, 0.15) is 6.92 Å². The summed E-state index contributed by atoms with van der Waals surface area (Å²) in [6.07, 6.45) is 1.37. The second-order valence-electron chi connectivity index (χ2n) is 5.07. The second kappa shape index (κ2) is 6.75. The van der Waals surface area contributed by atoms with Gasteiger partial charge in [0, 0.05) is 11.1 Å². The molecule has 0 spiro atoms. The Bertz CT molecular complexity index is 1080. The van der Waals surface area contributed by atoms with E-state index in [0.717, 1.165) is 6.07 Å². The van der Waals surface area contributed by atoms with E-state index in [1.165, 1.54) is 31.3 Å². The lowest BCUT2D eigenvalue weighted by atomic mass is 10.3. The first kappa shape index (κ1) is 19.0. The van der Waals surface area contributed by atoms with Crippen LogP contribution in [-0.4, -0.2) is 29.6 Å². The SMILES string of the molecule is CCS(=O)(=O)c1cccnc1-c1nc2cc(SC(F)(F)F)cc(Cl)c2o1. The molecule has 0 aliphatic carbocycles. The smallest absolute Gasteiger partial charge is 0.433 e. The van der Waals surface area contributed by atoms with E-state index in [1.54, 1.807) is 0 Å². The second-order valence-corrected chi connectivity index (χ2v) is 8.87. The minimum Gasteiger partial charge on any atom is -0.433 e. The predicted molar refractivity (Wildman–Crippen MR) is 91.9 cm³/mol. The van der Waals surface area contributed by atoms with Crippen molar-refractivity contribution in [3.05, 3.63) is 35.5 Å². The number of thioether (sulfide) groups is 1. The van der Waals surface area contributed by atoms with Crippen molar-refractivity contribution < 1.29 is 26.0 Å². The van der Waals surface area contributed by atoms with Crippen molar-refractivity contribution in [2.24, 2.45) is 0 Å². The molecule has 3 aromatic rings. The number of halogens is 4. The maximum absolute atomic E-state index is 12.6. The molecule has 2 heterocycles. The van der Waals surface area contributed by atoms with Gasteiger partial charge in [0.15, 0.2) is 15.4 Å². The summed E-state index contributed by atoms with van der Waals surface area (Å²) in [7, 11) is -3.61. The molecule has 1 aromatic carbocycles. The van der Waals surface area contributed by atoms with E-state index in [9.17, 15) is 21.6 Å². The lowest BCUT2D eigenvalue weighted by Gasteiger charge is -2.05. The van der Waals surface area contributed by atoms with Crippen molar-refractivity contribution in [2.45, 2.75) is 22.2 Å². The number of benzene rings is 1. The molecule has 0 aliphatic heterocycles. The summed E-state index contributed by atoms with van der Waals surface area (Å²) in [6, 6.07) is 5.10. The molecule has 0 amide bonds. The van der Waals surface area contributed by atoms with Crippen LogP contribution < -0.4 is 0 Å². The summed E-state index contributed by atoms with van der Waals surface area (Å²) in [5.41, 5.74) is -4.37. The van der Waals surface area contributed by atoms with Crippen LogP contribution in [0.15, 0.2) is 44.7 Å². The van der Waals surface area contributed by atoms with E-state index in [0.29, 0.717) is 0 Å². The normalized spacial score (nSPS) is 12.7. The number of sulfone groups is 1. The topological polar surface area (TPSA) is 73.1 Å². The zero-order valence-corrected chi connectivity index (χ0v) is 15.4. The molecule has 0 radical (unpaired) electrons. The average Bonchev–Trinajstić information content (AvgIpc) is 2.98. The van der Waals surface area contributed by atoms with Gasteiger partial charge in [-0.15, -0.1) is 0 Å². The summed E-state index contributed by atoms with van der Waals surface area (Å²) in [5.74, 6) is -0.289. The molecule has 3 rings (SSSR count). The highest BCUT2D eigenvalue weighted by atomic mass is 35.5. The van der Waals surface area contributed by atoms with Gasteiger partial charge in [-0.25, -0.2) is 18.4 Å². The fraction of sp³-hybridized carbons (Fsp3) is 0.200. The molecule has 0 bridgehead atoms. The maximum Gasteiger partial charge on any atom is 0.446 e. The number of hydrogen-bond acceptors (Lipinski definition) is 6. The number of hydrogen-bond donors (Lipinski definition) is 0. The summed E-state index contributed by atoms with van der Waals surface area (Å²) < 4.78 is 67.6. The maximum atomic E-state index is 12.6. The van der Waals surface area contributed by atoms with E-state index in [-0.39, 0.29) is 55.0 Å². The van der Waals surface area contributed by atoms with Crippen LogP contribution in [0.4, 0.5) is 13.2 Å². The lowest BCUT2D eigenvalue weighted by molar-refractivity contribution is -0.0328. The van der Waals surface area contributed by atoms with Gasteiger partial charge in [0.05, 0.1) is 15.7 Å². The molecule has 0 N–H and O–H groups in total. The van der Waals surface area contributed by atoms with E-state index in [2.05, 4.69) is 9.97 Å². The van der Waals surface area contributed by atoms with Gasteiger partial charge in [-0.05, 0) is 36.0 Å². The zero-order chi connectivity index (χ0) is 19.1. The monoisotopic (exact) mass is 422 g/mol. The number of fused-ring (bicyclic) bond motifs is 1. The van der Waals surface area contributed by atoms with Gasteiger partial charge in [-0.3, -0.25) is 0 Å². The molecule has 0 saturated heterocycles. The van der Waals surface area contributed by atoms with Crippen molar-refractivity contribution in [2.75, 3.05) is 5.75 Å². The number of nitrogens with zero attached hydrogens (tertiary/aromatic N) is 2. The number of aromatic nitrogens is 2. The summed E-state index contributed by atoms with van der Waals surface area (Å²) in [4.78, 5) is 7.86. The molecule has 0 saturated carbocycles. The Balaban J connectivity index is 2.16. The molecule has 5 nitrogen and oxygen atoms in total. The van der Waals surface area contributed by atoms with Crippen LogP contribution >= 0.6 is 23.4 Å². The van der Waals surface area contributed by atoms with Crippen LogP contribution in [0.5, 0.6) is 0 Å². The molecule has 26 heavy (non-hydrogen) atoms. The van der Waals surface area contributed by atoms with Gasteiger partial charge >= 0.3 is 5.51 Å². The Morgan fingerprint density at radius 3 is 2.69 bits per heavy atom. The van der Waals surface area contributed by atoms with Crippen LogP contribution in [0.2, 0.25) is 5.02 Å². The highest BCUT2D eigenvalue weighted by Crippen LogP contribution is 2.40. The molecular formula is C15H10ClF3N2O3S2. The van der Waals surface area contributed by atoms with Gasteiger partial charge in [-0.1, -0.05) is 18.5 Å². The van der Waals surface area contributed by atoms with E-state index in [4.69, 9.17) is 16.0 Å². The molecule has 2 aromatic heterocycles. The third kappa shape index (κ3) is 3.81. The van der Waals surface area contributed by atoms with Crippen molar-refractivity contribution in [1.29, 1.82) is 0 Å². The van der Waals surface area contributed by atoms with E-state index in [1.807, 2.05) is 0 Å². The third-order valence-electron chi connectivity index (χ3n) is 3.34. The van der Waals surface area contributed by atoms with E-state index < -0.39 is 15.3 Å². The van der Waals surface area contributed by atoms with E-state index >= 15 is 0 Å². The van der Waals surface area contributed by atoms with Gasteiger partial charge in [0.1, 0.15) is 11.2 Å². The summed E-state index contributed by atoms with van der Waals surface area (Å²) in [5, 5.41) is -0.0659. The molecular weight excluding hydrogens is 413 g/mol. The van der Waals surface area contributed by atoms with Crippen LogP contribution in [0, 0.1) is 0 Å². The molecule has 0 unspecified atom stereocenters. The molecule has 0 atom stereocenters. The van der Waals surface area contributed by atoms with Gasteiger partial charge in [-0.2, -0.15) is 13.2 Å². The number of alkyl halides is 3. The van der Waals surface area contributed by atoms with Crippen molar-refractivity contribution in [3.8, 4) is 11.6 Å². The molecule has 11 heteroatoms. The van der Waals surface area contributed by atoms with Crippen molar-refractivity contribution >= 4 is 44.3 Å². The highest BCUT2D eigenvalue weighted by molar-refractivity contribution is 8.00. The predicted octanol–water partition coefficient (Wildman–Crippen LogP) is 4.95. The Hall–Kier alpha value is -1.78. The molecule has 138 valence electrons. The Labute approximate surface area is 155 Å². The minimum atomic E-state index is -4.48. The van der Waals surface area contributed by atoms with Crippen LogP contribution in [0.3, 0.4) is 0 Å². The van der Waals surface area contributed by atoms with Gasteiger partial charge in [0.2, 0.25) is 5.89 Å². The first-order chi connectivity index (χ1) is 12.1. The Morgan fingerprint density at radius 1 is 1.31 bits per heavy atom. The van der Waals surface area contributed by atoms with Crippen LogP contribution in [0.25, 0.3) is 22.7 Å². The quantitative estimate of drug-likeness (QED) is 0.554. The van der Waals surface area contributed by atoms with Gasteiger partial charge in [0.25, 0.3) is 0 Å². The standard InChI is InChI=1S/C15H10ClF3N2O3S2/c1-2-26(22,23)11-4-3-5-20-12(11)14-21-10-7-8(25-15(17,18)19)6-9(16)13(10)24-14/h3-7H,2H2,1H3. The third-order valence-corrected chi connectivity index (χ3v) is 6.08. The molecule has 0 fully saturated rings. The van der Waals surface area contributed by atoms with Crippen molar-refractivity contribution in [1.82, 2.24) is 9.97 Å². The zero-order valence-electron chi connectivity index (χ0n) is 13.0. The van der Waals surface area contributed by atoms with Crippen molar-refractivity contribution in [3.63, 3.8) is 0 Å². The fourth-order valence-corrected chi connectivity index (χ4v) is 4.18. The average molecular weight is 423 g/mol. The largest absolute Gasteiger partial charge is 0.446 e. The first-order valence-corrected chi connectivity index (χ1v) is 9.99. The Morgan fingerprint density at radius 2 is 2.04 bits per heavy atom. The highest BCUT2D eigenvalue weighted by Gasteiger charge is 2.30. The Kier molecular flexibility index (Phi) is 4.93. The van der Waals surface area contributed by atoms with Gasteiger partial charge < -0.3 is 4.42 Å². The minimum absolute atomic E-state index is 0.0216. The number of pyridine rings is 1. The first-order valence-electron chi connectivity index (χ1n) is 7.14. The fourth-order valence-electron chi connectivity index (χ4n) is 2.22. The molecule has 0 aliphatic rings. The summed E-state index contributed by atoms with van der Waals surface area (Å²) in [6.45, 7) is 1.48. The van der Waals surface area contributed by atoms with Crippen LogP contribution in [-0.2, 0) is 9.84 Å². The number of rotatable bonds is 4.